The molecule has 0 unspecified atom stereocenters. The molecule has 0 aliphatic carbocycles. The summed E-state index contributed by atoms with van der Waals surface area (Å²) in [6.45, 7) is 16.7. The first-order chi connectivity index (χ1) is 28.3. The average molecular weight is 1020 g/mol. The van der Waals surface area contributed by atoms with Crippen molar-refractivity contribution in [2.45, 2.75) is 92.2 Å². The molecule has 0 aliphatic heterocycles. The van der Waals surface area contributed by atoms with Crippen molar-refractivity contribution in [1.29, 1.82) is 0 Å². The van der Waals surface area contributed by atoms with Crippen LogP contribution < -0.4 is 0 Å². The zero-order chi connectivity index (χ0) is 47.2. The normalized spacial score (nSPS) is 12.5. The summed E-state index contributed by atoms with van der Waals surface area (Å²) in [6.07, 6.45) is -18.0. The first kappa shape index (κ1) is 53.3. The van der Waals surface area contributed by atoms with Crippen LogP contribution in [0.1, 0.15) is 74.9 Å². The molecule has 0 aliphatic rings. The zero-order valence-corrected chi connectivity index (χ0v) is 39.9. The van der Waals surface area contributed by atoms with Gasteiger partial charge in [-0.25, -0.2) is 0 Å². The molecule has 2 radical (unpaired) electrons. The first-order valence-electron chi connectivity index (χ1n) is 18.8. The monoisotopic (exact) mass is 1010 g/mol. The molecule has 16 heteroatoms. The molecular formula is C46H44Cl2F12SiZr. The maximum absolute atomic E-state index is 13.2. The second kappa shape index (κ2) is 20.8. The van der Waals surface area contributed by atoms with Gasteiger partial charge in [0.15, 0.2) is 0 Å². The summed E-state index contributed by atoms with van der Waals surface area (Å²) < 4.78 is 158. The molecule has 0 heterocycles. The molecule has 0 N–H and O–H groups in total. The number of hydrogen-bond acceptors (Lipinski definition) is 0. The summed E-state index contributed by atoms with van der Waals surface area (Å²) in [5, 5.41) is 2.88. The van der Waals surface area contributed by atoms with Gasteiger partial charge in [-0.05, 0) is 71.2 Å². The number of alkyl halides is 12. The molecule has 6 rings (SSSR count). The van der Waals surface area contributed by atoms with Gasteiger partial charge in [0.25, 0.3) is 0 Å². The van der Waals surface area contributed by atoms with Gasteiger partial charge in [0.05, 0.1) is 22.3 Å². The molecule has 6 aromatic carbocycles. The van der Waals surface area contributed by atoms with Crippen LogP contribution in [0.2, 0.25) is 13.1 Å². The average Bonchev–Trinajstić information content (AvgIpc) is 3.71. The molecule has 0 amide bonds. The van der Waals surface area contributed by atoms with Crippen LogP contribution in [-0.4, -0.2) is 9.52 Å². The third kappa shape index (κ3) is 15.6. The van der Waals surface area contributed by atoms with E-state index in [4.69, 9.17) is 17.0 Å². The molecule has 0 saturated heterocycles. The third-order valence-electron chi connectivity index (χ3n) is 8.89. The molecule has 0 atom stereocenters. The maximum atomic E-state index is 13.2. The zero-order valence-electron chi connectivity index (χ0n) is 34.9. The summed E-state index contributed by atoms with van der Waals surface area (Å²) in [5.74, 6) is 0. The van der Waals surface area contributed by atoms with Gasteiger partial charge >= 0.3 is 62.6 Å². The number of rotatable bonds is 4. The molecular weight excluding hydrogens is 971 g/mol. The van der Waals surface area contributed by atoms with Crippen molar-refractivity contribution in [2.24, 2.45) is 10.8 Å². The molecule has 0 aromatic heterocycles. The number of halogens is 14. The predicted octanol–water partition coefficient (Wildman–Crippen LogP) is 17.9. The van der Waals surface area contributed by atoms with Crippen molar-refractivity contribution in [3.8, 4) is 22.3 Å². The summed E-state index contributed by atoms with van der Waals surface area (Å²) in [4.78, 5) is 0. The molecule has 334 valence electrons. The molecule has 0 bridgehead atoms. The second-order valence-corrected chi connectivity index (χ2v) is 21.7. The van der Waals surface area contributed by atoms with E-state index >= 15 is 0 Å². The Bertz CT molecular complexity index is 2160. The van der Waals surface area contributed by atoms with E-state index in [0.29, 0.717) is 21.9 Å². The number of hydrogen-bond donors (Lipinski definition) is 0. The minimum atomic E-state index is -4.87. The van der Waals surface area contributed by atoms with Gasteiger partial charge in [0.2, 0.25) is 0 Å². The molecule has 62 heavy (non-hydrogen) atoms. The van der Waals surface area contributed by atoms with Crippen molar-refractivity contribution in [3.63, 3.8) is 0 Å². The van der Waals surface area contributed by atoms with E-state index in [1.807, 2.05) is 36.4 Å². The SMILES string of the molecule is CC(C)(C)Cc1cc2c(-c3cc(C(F)(F)F)cc(C(F)(F)F)c3)cccc2[cH-]1.CC(C)(C)Cc1cc2c(-c3cc(C(F)(F)F)cc(C(F)(F)F)c3)cccc2[cH-]1.C[Si]C.[Cl][Zr+2][Cl]. The van der Waals surface area contributed by atoms with Gasteiger partial charge in [0, 0.05) is 9.52 Å². The molecule has 6 aromatic rings. The van der Waals surface area contributed by atoms with Gasteiger partial charge in [-0.15, -0.1) is 69.1 Å². The van der Waals surface area contributed by atoms with Gasteiger partial charge in [-0.1, -0.05) is 77.9 Å². The van der Waals surface area contributed by atoms with E-state index in [1.54, 1.807) is 24.3 Å². The van der Waals surface area contributed by atoms with Crippen LogP contribution in [0.15, 0.2) is 97.1 Å². The van der Waals surface area contributed by atoms with E-state index in [2.05, 4.69) is 54.6 Å². The number of benzene rings is 4. The number of fused-ring (bicyclic) bond motifs is 2. The Kier molecular flexibility index (Phi) is 17.9. The van der Waals surface area contributed by atoms with E-state index < -0.39 is 67.8 Å². The minimum absolute atomic E-state index is 0.00416. The van der Waals surface area contributed by atoms with Crippen LogP contribution in [0.4, 0.5) is 52.7 Å². The Labute approximate surface area is 375 Å². The molecule has 0 spiro atoms. The Balaban J connectivity index is 0.000000293. The van der Waals surface area contributed by atoms with Crippen molar-refractivity contribution in [2.75, 3.05) is 0 Å². The van der Waals surface area contributed by atoms with Crippen LogP contribution in [0.25, 0.3) is 43.8 Å². The third-order valence-corrected chi connectivity index (χ3v) is 8.89. The Morgan fingerprint density at radius 2 is 0.726 bits per heavy atom. The van der Waals surface area contributed by atoms with Crippen LogP contribution in [0, 0.1) is 10.8 Å². The van der Waals surface area contributed by atoms with Crippen LogP contribution in [-0.2, 0) is 58.4 Å². The van der Waals surface area contributed by atoms with E-state index in [0.717, 1.165) is 68.5 Å². The molecule has 0 saturated carbocycles. The van der Waals surface area contributed by atoms with Crippen LogP contribution in [0.5, 0.6) is 0 Å². The van der Waals surface area contributed by atoms with Crippen molar-refractivity contribution < 1.29 is 73.5 Å². The van der Waals surface area contributed by atoms with Gasteiger partial charge in [0.1, 0.15) is 0 Å². The van der Waals surface area contributed by atoms with Gasteiger partial charge < -0.3 is 0 Å². The molecule has 0 fully saturated rings. The fourth-order valence-electron chi connectivity index (χ4n) is 6.75. The van der Waals surface area contributed by atoms with E-state index in [1.165, 1.54) is 0 Å². The van der Waals surface area contributed by atoms with Crippen LogP contribution in [0.3, 0.4) is 0 Å². The Morgan fingerprint density at radius 1 is 0.468 bits per heavy atom. The van der Waals surface area contributed by atoms with E-state index in [-0.39, 0.29) is 34.1 Å². The summed E-state index contributed by atoms with van der Waals surface area (Å²) >= 11 is -0.826. The quantitative estimate of drug-likeness (QED) is 0.0938. The Morgan fingerprint density at radius 3 is 0.952 bits per heavy atom. The fraction of sp³-hybridized carbons (Fsp3) is 0.348. The van der Waals surface area contributed by atoms with Crippen molar-refractivity contribution >= 4 is 48.1 Å². The van der Waals surface area contributed by atoms with Crippen molar-refractivity contribution in [3.05, 3.63) is 130 Å². The standard InChI is InChI=1S/2C22H19F6.C2H6Si.2ClH.Zr/c2*1-20(2,3)12-13-7-14-5-4-6-18(19(14)8-13)15-9-16(21(23,24)25)11-17(10-15)22(26,27)28;1-3-2;;;/h2*4-11H,12H2,1-3H3;1-2H3;2*1H;/q2*-1;;;;+4/p-2. The molecule has 0 nitrogen and oxygen atoms in total. The second-order valence-electron chi connectivity index (χ2n) is 17.0. The van der Waals surface area contributed by atoms with Crippen molar-refractivity contribution in [1.82, 2.24) is 0 Å². The van der Waals surface area contributed by atoms with Crippen LogP contribution >= 0.6 is 17.0 Å². The summed E-state index contributed by atoms with van der Waals surface area (Å²) in [7, 11) is 11.0. The predicted molar refractivity (Wildman–Crippen MR) is 225 cm³/mol. The van der Waals surface area contributed by atoms with Gasteiger partial charge in [-0.3, -0.25) is 0 Å². The van der Waals surface area contributed by atoms with E-state index in [9.17, 15) is 52.7 Å². The Hall–Kier alpha value is -3.06. The summed E-state index contributed by atoms with van der Waals surface area (Å²) in [5.41, 5.74) is -2.71. The van der Waals surface area contributed by atoms with Gasteiger partial charge in [-0.2, -0.15) is 64.8 Å². The summed E-state index contributed by atoms with van der Waals surface area (Å²) in [6, 6.07) is 21.0. The first-order valence-corrected chi connectivity index (χ1v) is 27.2. The fourth-order valence-corrected chi connectivity index (χ4v) is 6.75. The topological polar surface area (TPSA) is 0 Å².